The van der Waals surface area contributed by atoms with Crippen LogP contribution in [0.3, 0.4) is 0 Å². The van der Waals surface area contributed by atoms with Gasteiger partial charge in [0.15, 0.2) is 5.82 Å². The van der Waals surface area contributed by atoms with E-state index in [0.717, 1.165) is 17.1 Å². The summed E-state index contributed by atoms with van der Waals surface area (Å²) in [7, 11) is 0. The van der Waals surface area contributed by atoms with E-state index in [9.17, 15) is 4.79 Å². The molecule has 3 rings (SSSR count). The van der Waals surface area contributed by atoms with E-state index in [1.165, 1.54) is 0 Å². The van der Waals surface area contributed by atoms with Crippen LogP contribution in [0.25, 0.3) is 11.5 Å². The predicted octanol–water partition coefficient (Wildman–Crippen LogP) is 2.68. The van der Waals surface area contributed by atoms with Crippen molar-refractivity contribution in [2.24, 2.45) is 0 Å². The number of aryl methyl sites for hydroxylation is 1. The SMILES string of the molecule is Cc1cccc(C(=O)NCCn2ccnc2-c2ccccn2)c1. The minimum atomic E-state index is -0.0619. The van der Waals surface area contributed by atoms with Crippen molar-refractivity contribution in [3.63, 3.8) is 0 Å². The lowest BCUT2D eigenvalue weighted by atomic mass is 10.1. The van der Waals surface area contributed by atoms with E-state index in [4.69, 9.17) is 0 Å². The molecule has 0 radical (unpaired) electrons. The smallest absolute Gasteiger partial charge is 0.251 e. The van der Waals surface area contributed by atoms with Gasteiger partial charge in [-0.2, -0.15) is 0 Å². The molecule has 0 saturated heterocycles. The minimum absolute atomic E-state index is 0.0619. The zero-order valence-electron chi connectivity index (χ0n) is 12.9. The molecule has 116 valence electrons. The van der Waals surface area contributed by atoms with E-state index < -0.39 is 0 Å². The molecule has 1 amide bonds. The van der Waals surface area contributed by atoms with Crippen molar-refractivity contribution in [2.45, 2.75) is 13.5 Å². The highest BCUT2D eigenvalue weighted by atomic mass is 16.1. The number of imidazole rings is 1. The molecule has 3 aromatic rings. The molecule has 1 aromatic carbocycles. The zero-order valence-corrected chi connectivity index (χ0v) is 12.9. The number of benzene rings is 1. The number of amides is 1. The fourth-order valence-electron chi connectivity index (χ4n) is 2.40. The maximum absolute atomic E-state index is 12.1. The summed E-state index contributed by atoms with van der Waals surface area (Å²) in [6.45, 7) is 3.15. The fourth-order valence-corrected chi connectivity index (χ4v) is 2.40. The molecule has 2 heterocycles. The van der Waals surface area contributed by atoms with Crippen LogP contribution >= 0.6 is 0 Å². The molecule has 0 aliphatic heterocycles. The Morgan fingerprint density at radius 1 is 1.13 bits per heavy atom. The third-order valence-electron chi connectivity index (χ3n) is 3.53. The van der Waals surface area contributed by atoms with Crippen molar-refractivity contribution < 1.29 is 4.79 Å². The second-order valence-corrected chi connectivity index (χ2v) is 5.28. The molecule has 0 spiro atoms. The van der Waals surface area contributed by atoms with Crippen molar-refractivity contribution >= 4 is 5.91 Å². The quantitative estimate of drug-likeness (QED) is 0.788. The van der Waals surface area contributed by atoms with Gasteiger partial charge in [-0.15, -0.1) is 0 Å². The number of carbonyl (C=O) groups excluding carboxylic acids is 1. The number of carbonyl (C=O) groups is 1. The van der Waals surface area contributed by atoms with Gasteiger partial charge in [0.2, 0.25) is 0 Å². The molecule has 23 heavy (non-hydrogen) atoms. The van der Waals surface area contributed by atoms with E-state index >= 15 is 0 Å². The van der Waals surface area contributed by atoms with Crippen LogP contribution in [0.2, 0.25) is 0 Å². The van der Waals surface area contributed by atoms with Crippen LogP contribution in [-0.2, 0) is 6.54 Å². The summed E-state index contributed by atoms with van der Waals surface area (Å²) in [5.74, 6) is 0.739. The Bertz CT molecular complexity index is 796. The average Bonchev–Trinajstić information content (AvgIpc) is 3.04. The van der Waals surface area contributed by atoms with Gasteiger partial charge in [-0.1, -0.05) is 23.8 Å². The molecule has 5 heteroatoms. The first kappa shape index (κ1) is 15.0. The maximum Gasteiger partial charge on any atom is 0.251 e. The van der Waals surface area contributed by atoms with Crippen LogP contribution in [0.15, 0.2) is 61.1 Å². The van der Waals surface area contributed by atoms with Gasteiger partial charge in [0.05, 0.1) is 0 Å². The third-order valence-corrected chi connectivity index (χ3v) is 3.53. The Labute approximate surface area is 135 Å². The molecule has 0 atom stereocenters. The zero-order chi connectivity index (χ0) is 16.1. The highest BCUT2D eigenvalue weighted by Crippen LogP contribution is 2.13. The van der Waals surface area contributed by atoms with E-state index in [2.05, 4.69) is 15.3 Å². The van der Waals surface area contributed by atoms with Gasteiger partial charge in [0.1, 0.15) is 5.69 Å². The van der Waals surface area contributed by atoms with Crippen LogP contribution in [0, 0.1) is 6.92 Å². The molecular weight excluding hydrogens is 288 g/mol. The second-order valence-electron chi connectivity index (χ2n) is 5.28. The Hall–Kier alpha value is -2.95. The first-order chi connectivity index (χ1) is 11.2. The maximum atomic E-state index is 12.1. The fraction of sp³-hybridized carbons (Fsp3) is 0.167. The van der Waals surface area contributed by atoms with E-state index in [1.54, 1.807) is 12.4 Å². The van der Waals surface area contributed by atoms with Crippen molar-refractivity contribution in [2.75, 3.05) is 6.54 Å². The number of hydrogen-bond acceptors (Lipinski definition) is 3. The lowest BCUT2D eigenvalue weighted by Gasteiger charge is -2.09. The first-order valence-corrected chi connectivity index (χ1v) is 7.51. The number of rotatable bonds is 5. The Kier molecular flexibility index (Phi) is 4.47. The molecule has 0 aliphatic rings. The van der Waals surface area contributed by atoms with Crippen LogP contribution in [0.4, 0.5) is 0 Å². The normalized spacial score (nSPS) is 10.5. The standard InChI is InChI=1S/C18H18N4O/c1-14-5-4-6-15(13-14)18(23)21-10-12-22-11-9-20-17(22)16-7-2-3-8-19-16/h2-9,11,13H,10,12H2,1H3,(H,21,23). The van der Waals surface area contributed by atoms with Gasteiger partial charge < -0.3 is 9.88 Å². The van der Waals surface area contributed by atoms with Gasteiger partial charge in [0.25, 0.3) is 5.91 Å². The van der Waals surface area contributed by atoms with Gasteiger partial charge >= 0.3 is 0 Å². The minimum Gasteiger partial charge on any atom is -0.350 e. The molecule has 0 aliphatic carbocycles. The van der Waals surface area contributed by atoms with E-state index in [1.807, 2.05) is 60.2 Å². The molecule has 0 bridgehead atoms. The number of pyridine rings is 1. The Morgan fingerprint density at radius 2 is 2.04 bits per heavy atom. The summed E-state index contributed by atoms with van der Waals surface area (Å²) >= 11 is 0. The Morgan fingerprint density at radius 3 is 2.83 bits per heavy atom. The lowest BCUT2D eigenvalue weighted by molar-refractivity contribution is 0.0952. The van der Waals surface area contributed by atoms with Gasteiger partial charge in [-0.3, -0.25) is 9.78 Å². The highest BCUT2D eigenvalue weighted by molar-refractivity contribution is 5.94. The predicted molar refractivity (Wildman–Crippen MR) is 89.0 cm³/mol. The second kappa shape index (κ2) is 6.87. The Balaban J connectivity index is 1.62. The van der Waals surface area contributed by atoms with Crippen molar-refractivity contribution in [1.29, 1.82) is 0 Å². The van der Waals surface area contributed by atoms with Crippen LogP contribution in [0.5, 0.6) is 0 Å². The molecule has 0 unspecified atom stereocenters. The van der Waals surface area contributed by atoms with E-state index in [-0.39, 0.29) is 5.91 Å². The van der Waals surface area contributed by atoms with Gasteiger partial charge in [0, 0.05) is 37.2 Å². The first-order valence-electron chi connectivity index (χ1n) is 7.51. The van der Waals surface area contributed by atoms with Crippen molar-refractivity contribution in [3.05, 3.63) is 72.2 Å². The topological polar surface area (TPSA) is 59.8 Å². The summed E-state index contributed by atoms with van der Waals surface area (Å²) in [6.07, 6.45) is 5.38. The lowest BCUT2D eigenvalue weighted by Crippen LogP contribution is -2.27. The number of nitrogens with one attached hydrogen (secondary N) is 1. The van der Waals surface area contributed by atoms with E-state index in [0.29, 0.717) is 18.7 Å². The monoisotopic (exact) mass is 306 g/mol. The van der Waals surface area contributed by atoms with Crippen LogP contribution in [-0.4, -0.2) is 27.0 Å². The number of hydrogen-bond donors (Lipinski definition) is 1. The summed E-state index contributed by atoms with van der Waals surface area (Å²) in [6, 6.07) is 13.3. The van der Waals surface area contributed by atoms with Crippen molar-refractivity contribution in [3.8, 4) is 11.5 Å². The highest BCUT2D eigenvalue weighted by Gasteiger charge is 2.08. The molecule has 0 saturated carbocycles. The van der Waals surface area contributed by atoms with Gasteiger partial charge in [-0.05, 0) is 31.2 Å². The summed E-state index contributed by atoms with van der Waals surface area (Å²) in [5.41, 5.74) is 2.58. The molecule has 1 N–H and O–H groups in total. The van der Waals surface area contributed by atoms with Crippen molar-refractivity contribution in [1.82, 2.24) is 19.9 Å². The van der Waals surface area contributed by atoms with Gasteiger partial charge in [-0.25, -0.2) is 4.98 Å². The summed E-state index contributed by atoms with van der Waals surface area (Å²) < 4.78 is 1.98. The average molecular weight is 306 g/mol. The summed E-state index contributed by atoms with van der Waals surface area (Å²) in [4.78, 5) is 20.8. The summed E-state index contributed by atoms with van der Waals surface area (Å²) in [5, 5.41) is 2.94. The van der Waals surface area contributed by atoms with Crippen LogP contribution < -0.4 is 5.32 Å². The largest absolute Gasteiger partial charge is 0.350 e. The molecular formula is C18H18N4O. The molecule has 2 aromatic heterocycles. The number of nitrogens with zero attached hydrogens (tertiary/aromatic N) is 3. The third kappa shape index (κ3) is 3.63. The number of aromatic nitrogens is 3. The van der Waals surface area contributed by atoms with Crippen LogP contribution in [0.1, 0.15) is 15.9 Å². The molecule has 5 nitrogen and oxygen atoms in total. The molecule has 0 fully saturated rings.